The molecule has 1 aliphatic heterocycles. The fourth-order valence-corrected chi connectivity index (χ4v) is 3.51. The van der Waals surface area contributed by atoms with Crippen molar-refractivity contribution in [2.24, 2.45) is 5.10 Å². The Kier molecular flexibility index (Phi) is 4.68. The lowest BCUT2D eigenvalue weighted by atomic mass is 9.80. The molecule has 0 bridgehead atoms. The second-order valence-electron chi connectivity index (χ2n) is 7.47. The van der Waals surface area contributed by atoms with Crippen LogP contribution in [0.1, 0.15) is 44.2 Å². The van der Waals surface area contributed by atoms with E-state index in [4.69, 9.17) is 0 Å². The Labute approximate surface area is 153 Å². The average molecular weight is 352 g/mol. The molecule has 0 spiro atoms. The van der Waals surface area contributed by atoms with E-state index in [0.29, 0.717) is 11.6 Å². The van der Waals surface area contributed by atoms with Crippen LogP contribution in [0.25, 0.3) is 0 Å². The van der Waals surface area contributed by atoms with E-state index in [1.54, 1.807) is 18.3 Å². The number of benzene rings is 2. The highest BCUT2D eigenvalue weighted by molar-refractivity contribution is 5.82. The van der Waals surface area contributed by atoms with Crippen molar-refractivity contribution in [2.75, 3.05) is 17.4 Å². The molecule has 0 aromatic heterocycles. The van der Waals surface area contributed by atoms with Crippen molar-refractivity contribution in [3.8, 4) is 0 Å². The van der Waals surface area contributed by atoms with Crippen LogP contribution in [0.5, 0.6) is 0 Å². The van der Waals surface area contributed by atoms with Crippen molar-refractivity contribution < 1.29 is 4.92 Å². The number of non-ortho nitro benzene ring substituents is 1. The standard InChI is InChI=1S/C20H24N4O2/c1-14-12-20(2,3)23(4)19-10-5-15(11-18(14)19)13-21-22-16-6-8-17(9-7-16)24(25)26/h5-11,13-14,22H,12H2,1-4H3/b21-13+. The smallest absolute Gasteiger partial charge is 0.269 e. The van der Waals surface area contributed by atoms with Crippen LogP contribution in [0, 0.1) is 10.1 Å². The van der Waals surface area contributed by atoms with Crippen molar-refractivity contribution >= 4 is 23.3 Å². The van der Waals surface area contributed by atoms with E-state index in [9.17, 15) is 10.1 Å². The third kappa shape index (κ3) is 3.54. The first-order chi connectivity index (χ1) is 12.3. The van der Waals surface area contributed by atoms with Gasteiger partial charge in [0, 0.05) is 30.4 Å². The summed E-state index contributed by atoms with van der Waals surface area (Å²) in [4.78, 5) is 12.6. The van der Waals surface area contributed by atoms with Crippen LogP contribution in [0.3, 0.4) is 0 Å². The molecule has 2 aromatic rings. The molecule has 0 saturated carbocycles. The molecule has 6 nitrogen and oxygen atoms in total. The predicted molar refractivity (Wildman–Crippen MR) is 106 cm³/mol. The molecule has 2 aromatic carbocycles. The molecular formula is C20H24N4O2. The molecule has 1 atom stereocenters. The van der Waals surface area contributed by atoms with E-state index in [2.05, 4.69) is 61.4 Å². The lowest BCUT2D eigenvalue weighted by Crippen LogP contribution is -2.45. The number of rotatable bonds is 4. The summed E-state index contributed by atoms with van der Waals surface area (Å²) in [7, 11) is 2.15. The molecule has 0 radical (unpaired) electrons. The highest BCUT2D eigenvalue weighted by atomic mass is 16.6. The van der Waals surface area contributed by atoms with E-state index in [1.807, 2.05) is 0 Å². The summed E-state index contributed by atoms with van der Waals surface area (Å²) in [6, 6.07) is 12.6. The monoisotopic (exact) mass is 352 g/mol. The number of fused-ring (bicyclic) bond motifs is 1. The zero-order chi connectivity index (χ0) is 18.9. The van der Waals surface area contributed by atoms with Crippen LogP contribution in [-0.2, 0) is 0 Å². The minimum atomic E-state index is -0.417. The van der Waals surface area contributed by atoms with Crippen LogP contribution in [0.2, 0.25) is 0 Å². The maximum atomic E-state index is 10.7. The number of hydrogen-bond acceptors (Lipinski definition) is 5. The van der Waals surface area contributed by atoms with Gasteiger partial charge >= 0.3 is 0 Å². The van der Waals surface area contributed by atoms with Gasteiger partial charge in [-0.15, -0.1) is 0 Å². The molecule has 0 saturated heterocycles. The topological polar surface area (TPSA) is 70.8 Å². The summed E-state index contributed by atoms with van der Waals surface area (Å²) in [6.45, 7) is 6.81. The van der Waals surface area contributed by atoms with Crippen LogP contribution in [0.4, 0.5) is 17.1 Å². The number of nitrogens with zero attached hydrogens (tertiary/aromatic N) is 3. The largest absolute Gasteiger partial charge is 0.369 e. The lowest BCUT2D eigenvalue weighted by molar-refractivity contribution is -0.384. The molecule has 1 unspecified atom stereocenters. The number of nitro benzene ring substituents is 1. The second kappa shape index (κ2) is 6.78. The highest BCUT2D eigenvalue weighted by Gasteiger charge is 2.33. The summed E-state index contributed by atoms with van der Waals surface area (Å²) in [5.74, 6) is 0.493. The Bertz CT molecular complexity index is 843. The maximum absolute atomic E-state index is 10.7. The molecule has 0 amide bonds. The number of hydrazone groups is 1. The molecule has 0 aliphatic carbocycles. The molecule has 136 valence electrons. The lowest BCUT2D eigenvalue weighted by Gasteiger charge is -2.45. The number of hydrogen-bond donors (Lipinski definition) is 1. The predicted octanol–water partition coefficient (Wildman–Crippen LogP) is 4.76. The minimum Gasteiger partial charge on any atom is -0.369 e. The average Bonchev–Trinajstić information content (AvgIpc) is 2.60. The van der Waals surface area contributed by atoms with Gasteiger partial charge < -0.3 is 4.90 Å². The van der Waals surface area contributed by atoms with Crippen molar-refractivity contribution in [1.29, 1.82) is 0 Å². The van der Waals surface area contributed by atoms with Gasteiger partial charge in [-0.2, -0.15) is 5.10 Å². The van der Waals surface area contributed by atoms with Gasteiger partial charge in [-0.05, 0) is 61.6 Å². The van der Waals surface area contributed by atoms with Gasteiger partial charge in [-0.25, -0.2) is 0 Å². The molecule has 26 heavy (non-hydrogen) atoms. The van der Waals surface area contributed by atoms with Gasteiger partial charge in [0.2, 0.25) is 0 Å². The quantitative estimate of drug-likeness (QED) is 0.489. The SMILES string of the molecule is CC1CC(C)(C)N(C)c2ccc(/C=N/Nc3ccc([N+](=O)[O-])cc3)cc21. The fraction of sp³-hybridized carbons (Fsp3) is 0.350. The van der Waals surface area contributed by atoms with Crippen molar-refractivity contribution in [2.45, 2.75) is 38.6 Å². The number of anilines is 2. The summed E-state index contributed by atoms with van der Waals surface area (Å²) < 4.78 is 0. The van der Waals surface area contributed by atoms with Gasteiger partial charge in [0.1, 0.15) is 0 Å². The van der Waals surface area contributed by atoms with Gasteiger partial charge in [-0.3, -0.25) is 15.5 Å². The first-order valence-electron chi connectivity index (χ1n) is 8.69. The minimum absolute atomic E-state index is 0.0650. The molecule has 1 heterocycles. The summed E-state index contributed by atoms with van der Waals surface area (Å²) in [5.41, 5.74) is 7.47. The molecule has 1 aliphatic rings. The zero-order valence-electron chi connectivity index (χ0n) is 15.6. The van der Waals surface area contributed by atoms with Crippen LogP contribution >= 0.6 is 0 Å². The first-order valence-corrected chi connectivity index (χ1v) is 8.69. The van der Waals surface area contributed by atoms with E-state index >= 15 is 0 Å². The Balaban J connectivity index is 1.74. The Morgan fingerprint density at radius 1 is 1.27 bits per heavy atom. The first kappa shape index (κ1) is 17.9. The van der Waals surface area contributed by atoms with E-state index in [0.717, 1.165) is 12.0 Å². The number of nitrogens with one attached hydrogen (secondary N) is 1. The Hall–Kier alpha value is -2.89. The van der Waals surface area contributed by atoms with Gasteiger partial charge in [-0.1, -0.05) is 13.0 Å². The van der Waals surface area contributed by atoms with Crippen molar-refractivity contribution in [1.82, 2.24) is 0 Å². The van der Waals surface area contributed by atoms with E-state index in [1.165, 1.54) is 23.4 Å². The van der Waals surface area contributed by atoms with Crippen LogP contribution < -0.4 is 10.3 Å². The molecule has 1 N–H and O–H groups in total. The third-order valence-corrected chi connectivity index (χ3v) is 5.14. The van der Waals surface area contributed by atoms with Crippen LogP contribution in [0.15, 0.2) is 47.6 Å². The third-order valence-electron chi connectivity index (χ3n) is 5.14. The maximum Gasteiger partial charge on any atom is 0.269 e. The number of nitro groups is 1. The fourth-order valence-electron chi connectivity index (χ4n) is 3.51. The Morgan fingerprint density at radius 2 is 1.96 bits per heavy atom. The summed E-state index contributed by atoms with van der Waals surface area (Å²) in [5, 5.41) is 14.9. The normalized spacial score (nSPS) is 18.6. The molecular weight excluding hydrogens is 328 g/mol. The van der Waals surface area contributed by atoms with Crippen molar-refractivity contribution in [3.05, 3.63) is 63.7 Å². The Morgan fingerprint density at radius 3 is 2.62 bits per heavy atom. The van der Waals surface area contributed by atoms with Crippen LogP contribution in [-0.4, -0.2) is 23.7 Å². The van der Waals surface area contributed by atoms with E-state index in [-0.39, 0.29) is 11.2 Å². The van der Waals surface area contributed by atoms with Gasteiger partial charge in [0.05, 0.1) is 16.8 Å². The zero-order valence-corrected chi connectivity index (χ0v) is 15.6. The second-order valence-corrected chi connectivity index (χ2v) is 7.47. The van der Waals surface area contributed by atoms with E-state index < -0.39 is 4.92 Å². The summed E-state index contributed by atoms with van der Waals surface area (Å²) in [6.07, 6.45) is 2.88. The molecule has 6 heteroatoms. The van der Waals surface area contributed by atoms with Gasteiger partial charge in [0.15, 0.2) is 0 Å². The molecule has 0 fully saturated rings. The van der Waals surface area contributed by atoms with Crippen molar-refractivity contribution in [3.63, 3.8) is 0 Å². The summed E-state index contributed by atoms with van der Waals surface area (Å²) >= 11 is 0. The van der Waals surface area contributed by atoms with Gasteiger partial charge in [0.25, 0.3) is 5.69 Å². The highest BCUT2D eigenvalue weighted by Crippen LogP contribution is 2.42. The molecule has 3 rings (SSSR count).